The minimum Gasteiger partial charge on any atom is -0.442 e. The standard InChI is InChI=1S/C17H28N2O4/c1-7-19(16(22)23-17(4,5)6)18-12-9-8-10-13(20)14(12)15(21)11(2)3/h11,14H,7-10H2,1-6H3/b18-12-. The number of ether oxygens (including phenoxy) is 1. The summed E-state index contributed by atoms with van der Waals surface area (Å²) < 4.78 is 5.31. The largest absolute Gasteiger partial charge is 0.442 e. The van der Waals surface area contributed by atoms with Gasteiger partial charge < -0.3 is 4.74 Å². The molecule has 0 radical (unpaired) electrons. The molecule has 0 spiro atoms. The van der Waals surface area contributed by atoms with Gasteiger partial charge in [0.1, 0.15) is 17.3 Å². The monoisotopic (exact) mass is 324 g/mol. The first-order valence-corrected chi connectivity index (χ1v) is 8.21. The van der Waals surface area contributed by atoms with Gasteiger partial charge in [-0.05, 0) is 40.5 Å². The van der Waals surface area contributed by atoms with Gasteiger partial charge in [0.2, 0.25) is 0 Å². The Kier molecular flexibility index (Phi) is 6.47. The molecule has 6 nitrogen and oxygen atoms in total. The molecule has 0 aromatic rings. The van der Waals surface area contributed by atoms with E-state index >= 15 is 0 Å². The molecule has 1 aliphatic carbocycles. The first-order chi connectivity index (χ1) is 10.6. The van der Waals surface area contributed by atoms with E-state index in [9.17, 15) is 14.4 Å². The van der Waals surface area contributed by atoms with Gasteiger partial charge in [-0.15, -0.1) is 0 Å². The molecule has 6 heteroatoms. The third-order valence-electron chi connectivity index (χ3n) is 3.52. The summed E-state index contributed by atoms with van der Waals surface area (Å²) in [5, 5.41) is 5.50. The highest BCUT2D eigenvalue weighted by Gasteiger charge is 2.36. The summed E-state index contributed by atoms with van der Waals surface area (Å²) in [5.41, 5.74) is -0.145. The Balaban J connectivity index is 3.05. The Bertz CT molecular complexity index is 503. The molecule has 0 aliphatic heterocycles. The number of ketones is 2. The van der Waals surface area contributed by atoms with Crippen LogP contribution >= 0.6 is 0 Å². The fraction of sp³-hybridized carbons (Fsp3) is 0.765. The van der Waals surface area contributed by atoms with Crippen LogP contribution in [-0.2, 0) is 14.3 Å². The van der Waals surface area contributed by atoms with Crippen molar-refractivity contribution >= 4 is 23.4 Å². The minimum absolute atomic E-state index is 0.103. The van der Waals surface area contributed by atoms with Gasteiger partial charge in [0.15, 0.2) is 5.78 Å². The molecule has 1 unspecified atom stereocenters. The number of hydrogen-bond donors (Lipinski definition) is 0. The van der Waals surface area contributed by atoms with Crippen molar-refractivity contribution in [3.05, 3.63) is 0 Å². The van der Waals surface area contributed by atoms with Crippen molar-refractivity contribution in [2.45, 2.75) is 66.4 Å². The van der Waals surface area contributed by atoms with Crippen LogP contribution in [0.1, 0.15) is 60.8 Å². The molecule has 1 aliphatic rings. The van der Waals surface area contributed by atoms with Gasteiger partial charge in [0, 0.05) is 18.9 Å². The summed E-state index contributed by atoms with van der Waals surface area (Å²) in [6, 6.07) is 0. The van der Waals surface area contributed by atoms with E-state index in [1.165, 1.54) is 5.01 Å². The Labute approximate surface area is 138 Å². The molecule has 0 aromatic heterocycles. The van der Waals surface area contributed by atoms with E-state index in [1.54, 1.807) is 41.5 Å². The molecule has 0 saturated heterocycles. The van der Waals surface area contributed by atoms with Crippen molar-refractivity contribution < 1.29 is 19.1 Å². The normalized spacial score (nSPS) is 20.7. The smallest absolute Gasteiger partial charge is 0.430 e. The highest BCUT2D eigenvalue weighted by Crippen LogP contribution is 2.23. The van der Waals surface area contributed by atoms with E-state index in [0.29, 0.717) is 31.5 Å². The summed E-state index contributed by atoms with van der Waals surface area (Å²) in [4.78, 5) is 36.7. The van der Waals surface area contributed by atoms with Crippen molar-refractivity contribution in [2.75, 3.05) is 6.54 Å². The topological polar surface area (TPSA) is 76.0 Å². The van der Waals surface area contributed by atoms with Crippen LogP contribution in [0.25, 0.3) is 0 Å². The second kappa shape index (κ2) is 7.70. The molecular formula is C17H28N2O4. The lowest BCUT2D eigenvalue weighted by Crippen LogP contribution is -2.40. The number of amides is 1. The minimum atomic E-state index is -0.819. The van der Waals surface area contributed by atoms with Gasteiger partial charge in [-0.3, -0.25) is 9.59 Å². The third-order valence-corrected chi connectivity index (χ3v) is 3.52. The maximum absolute atomic E-state index is 12.4. The SMILES string of the molecule is CCN(/N=C1/CCCC(=O)C1C(=O)C(C)C)C(=O)OC(C)(C)C. The van der Waals surface area contributed by atoms with Crippen molar-refractivity contribution in [3.8, 4) is 0 Å². The average molecular weight is 324 g/mol. The number of carbonyl (C=O) groups is 3. The van der Waals surface area contributed by atoms with Crippen LogP contribution in [0, 0.1) is 11.8 Å². The van der Waals surface area contributed by atoms with Crippen LogP contribution in [0.2, 0.25) is 0 Å². The molecule has 1 rings (SSSR count). The zero-order chi connectivity index (χ0) is 17.8. The number of hydrogen-bond acceptors (Lipinski definition) is 5. The summed E-state index contributed by atoms with van der Waals surface area (Å²) in [7, 11) is 0. The second-order valence-electron chi connectivity index (χ2n) is 7.10. The highest BCUT2D eigenvalue weighted by atomic mass is 16.6. The summed E-state index contributed by atoms with van der Waals surface area (Å²) in [6.45, 7) is 11.0. The maximum Gasteiger partial charge on any atom is 0.430 e. The summed E-state index contributed by atoms with van der Waals surface area (Å²) >= 11 is 0. The van der Waals surface area contributed by atoms with Gasteiger partial charge in [-0.2, -0.15) is 10.1 Å². The summed E-state index contributed by atoms with van der Waals surface area (Å²) in [6.07, 6.45) is 1.03. The first kappa shape index (κ1) is 19.3. The Morgan fingerprint density at radius 1 is 1.30 bits per heavy atom. The molecule has 0 aromatic carbocycles. The van der Waals surface area contributed by atoms with Crippen LogP contribution in [0.15, 0.2) is 5.10 Å². The Morgan fingerprint density at radius 3 is 2.39 bits per heavy atom. The zero-order valence-corrected chi connectivity index (χ0v) is 15.0. The first-order valence-electron chi connectivity index (χ1n) is 8.21. The van der Waals surface area contributed by atoms with Gasteiger partial charge in [0.25, 0.3) is 0 Å². The quantitative estimate of drug-likeness (QED) is 0.588. The van der Waals surface area contributed by atoms with Gasteiger partial charge >= 0.3 is 6.09 Å². The van der Waals surface area contributed by atoms with Gasteiger partial charge in [0.05, 0.1) is 5.71 Å². The molecule has 1 fully saturated rings. The lowest BCUT2D eigenvalue weighted by Gasteiger charge is -2.27. The van der Waals surface area contributed by atoms with Crippen molar-refractivity contribution in [3.63, 3.8) is 0 Å². The van der Waals surface area contributed by atoms with E-state index in [1.807, 2.05) is 0 Å². The van der Waals surface area contributed by atoms with Crippen molar-refractivity contribution in [1.29, 1.82) is 0 Å². The van der Waals surface area contributed by atoms with Crippen LogP contribution in [0.4, 0.5) is 4.79 Å². The van der Waals surface area contributed by atoms with Crippen LogP contribution in [0.5, 0.6) is 0 Å². The van der Waals surface area contributed by atoms with Crippen LogP contribution in [-0.4, -0.2) is 40.5 Å². The fourth-order valence-corrected chi connectivity index (χ4v) is 2.39. The van der Waals surface area contributed by atoms with E-state index < -0.39 is 17.6 Å². The highest BCUT2D eigenvalue weighted by molar-refractivity contribution is 6.22. The Hall–Kier alpha value is -1.72. The molecule has 23 heavy (non-hydrogen) atoms. The molecule has 0 heterocycles. The number of Topliss-reactive ketones (excluding diaryl/α,β-unsaturated/α-hetero) is 2. The van der Waals surface area contributed by atoms with Crippen LogP contribution in [0.3, 0.4) is 0 Å². The molecule has 130 valence electrons. The summed E-state index contributed by atoms with van der Waals surface area (Å²) in [5.74, 6) is -1.30. The maximum atomic E-state index is 12.4. The lowest BCUT2D eigenvalue weighted by molar-refractivity contribution is -0.132. The molecule has 1 atom stereocenters. The van der Waals surface area contributed by atoms with Gasteiger partial charge in [-0.1, -0.05) is 13.8 Å². The molecule has 0 bridgehead atoms. The number of rotatable bonds is 4. The van der Waals surface area contributed by atoms with Crippen LogP contribution < -0.4 is 0 Å². The molecule has 0 N–H and O–H groups in total. The lowest BCUT2D eigenvalue weighted by atomic mass is 9.80. The van der Waals surface area contributed by atoms with E-state index in [0.717, 1.165) is 0 Å². The van der Waals surface area contributed by atoms with Crippen molar-refractivity contribution in [1.82, 2.24) is 5.01 Å². The number of carbonyl (C=O) groups excluding carboxylic acids is 3. The fourth-order valence-electron chi connectivity index (χ4n) is 2.39. The second-order valence-corrected chi connectivity index (χ2v) is 7.10. The average Bonchev–Trinajstić information content (AvgIpc) is 2.42. The van der Waals surface area contributed by atoms with E-state index in [-0.39, 0.29) is 17.5 Å². The van der Waals surface area contributed by atoms with Crippen molar-refractivity contribution in [2.24, 2.45) is 16.9 Å². The Morgan fingerprint density at radius 2 is 1.91 bits per heavy atom. The van der Waals surface area contributed by atoms with E-state index in [2.05, 4.69) is 5.10 Å². The number of hydrazone groups is 1. The zero-order valence-electron chi connectivity index (χ0n) is 15.0. The molecule has 1 saturated carbocycles. The van der Waals surface area contributed by atoms with Gasteiger partial charge in [-0.25, -0.2) is 4.79 Å². The van der Waals surface area contributed by atoms with E-state index in [4.69, 9.17) is 4.74 Å². The predicted octanol–water partition coefficient (Wildman–Crippen LogP) is 3.19. The third kappa shape index (κ3) is 5.44. The molecule has 1 amide bonds. The number of nitrogens with zero attached hydrogens (tertiary/aromatic N) is 2. The molecular weight excluding hydrogens is 296 g/mol. The predicted molar refractivity (Wildman–Crippen MR) is 88.2 cm³/mol.